The van der Waals surface area contributed by atoms with Crippen molar-refractivity contribution in [3.63, 3.8) is 0 Å². The van der Waals surface area contributed by atoms with Gasteiger partial charge in [-0.2, -0.15) is 0 Å². The van der Waals surface area contributed by atoms with Gasteiger partial charge in [-0.25, -0.2) is 4.98 Å². The fourth-order valence-electron chi connectivity index (χ4n) is 1.41. The number of hydrogen-bond acceptors (Lipinski definition) is 3. The number of halogens is 1. The van der Waals surface area contributed by atoms with Gasteiger partial charge >= 0.3 is 0 Å². The van der Waals surface area contributed by atoms with E-state index in [0.717, 1.165) is 17.9 Å². The summed E-state index contributed by atoms with van der Waals surface area (Å²) in [6, 6.07) is 1.81. The van der Waals surface area contributed by atoms with Crippen LogP contribution < -0.4 is 10.5 Å². The van der Waals surface area contributed by atoms with Gasteiger partial charge in [-0.3, -0.25) is 0 Å². The first-order valence-electron chi connectivity index (χ1n) is 5.27. The first-order chi connectivity index (χ1) is 7.29. The SMILES string of the molecule is NCc1cnc(OCCC2CC2)c(Cl)c1. The molecule has 82 valence electrons. The standard InChI is InChI=1S/C11H15ClN2O/c12-10-5-9(6-13)7-14-11(10)15-4-3-8-1-2-8/h5,7-8H,1-4,6,13H2. The lowest BCUT2D eigenvalue weighted by Crippen LogP contribution is -2.02. The Balaban J connectivity index is 1.88. The monoisotopic (exact) mass is 226 g/mol. The molecule has 2 rings (SSSR count). The number of pyridine rings is 1. The van der Waals surface area contributed by atoms with Gasteiger partial charge in [-0.05, 0) is 24.0 Å². The predicted molar refractivity (Wildman–Crippen MR) is 60.0 cm³/mol. The molecule has 1 saturated carbocycles. The quantitative estimate of drug-likeness (QED) is 0.839. The Morgan fingerprint density at radius 1 is 1.53 bits per heavy atom. The number of hydrogen-bond donors (Lipinski definition) is 1. The third-order valence-corrected chi connectivity index (χ3v) is 2.83. The molecule has 4 heteroatoms. The molecular weight excluding hydrogens is 212 g/mol. The van der Waals surface area contributed by atoms with Crippen LogP contribution in [0.1, 0.15) is 24.8 Å². The van der Waals surface area contributed by atoms with Crippen LogP contribution in [0.5, 0.6) is 5.88 Å². The van der Waals surface area contributed by atoms with Crippen LogP contribution in [0.15, 0.2) is 12.3 Å². The molecule has 0 amide bonds. The van der Waals surface area contributed by atoms with Crippen molar-refractivity contribution in [1.82, 2.24) is 4.98 Å². The molecule has 0 spiro atoms. The molecular formula is C11H15ClN2O. The van der Waals surface area contributed by atoms with Gasteiger partial charge in [0.05, 0.1) is 6.61 Å². The summed E-state index contributed by atoms with van der Waals surface area (Å²) in [6.45, 7) is 1.16. The molecule has 0 aliphatic heterocycles. The minimum atomic E-state index is 0.453. The second-order valence-corrected chi connectivity index (χ2v) is 4.32. The van der Waals surface area contributed by atoms with Crippen molar-refractivity contribution >= 4 is 11.6 Å². The Morgan fingerprint density at radius 3 is 2.93 bits per heavy atom. The Bertz CT molecular complexity index is 339. The molecule has 1 aliphatic carbocycles. The van der Waals surface area contributed by atoms with E-state index in [0.29, 0.717) is 24.1 Å². The average Bonchev–Trinajstić information content (AvgIpc) is 3.04. The molecule has 0 saturated heterocycles. The topological polar surface area (TPSA) is 48.1 Å². The normalized spacial score (nSPS) is 15.3. The van der Waals surface area contributed by atoms with E-state index in [-0.39, 0.29) is 0 Å². The van der Waals surface area contributed by atoms with Crippen molar-refractivity contribution in [2.24, 2.45) is 11.7 Å². The van der Waals surface area contributed by atoms with E-state index >= 15 is 0 Å². The van der Waals surface area contributed by atoms with Crippen molar-refractivity contribution < 1.29 is 4.74 Å². The molecule has 3 nitrogen and oxygen atoms in total. The maximum absolute atomic E-state index is 6.00. The van der Waals surface area contributed by atoms with Gasteiger partial charge < -0.3 is 10.5 Å². The fraction of sp³-hybridized carbons (Fsp3) is 0.545. The molecule has 0 unspecified atom stereocenters. The zero-order valence-electron chi connectivity index (χ0n) is 8.58. The lowest BCUT2D eigenvalue weighted by molar-refractivity contribution is 0.291. The fourth-order valence-corrected chi connectivity index (χ4v) is 1.66. The highest BCUT2D eigenvalue weighted by atomic mass is 35.5. The summed E-state index contributed by atoms with van der Waals surface area (Å²) in [7, 11) is 0. The minimum Gasteiger partial charge on any atom is -0.477 e. The van der Waals surface area contributed by atoms with Crippen LogP contribution in [0.3, 0.4) is 0 Å². The van der Waals surface area contributed by atoms with Gasteiger partial charge in [0.2, 0.25) is 5.88 Å². The average molecular weight is 227 g/mol. The maximum atomic E-state index is 6.00. The molecule has 1 aromatic rings. The Hall–Kier alpha value is -0.800. The Morgan fingerprint density at radius 2 is 2.33 bits per heavy atom. The summed E-state index contributed by atoms with van der Waals surface area (Å²) in [5.74, 6) is 1.39. The molecule has 1 aromatic heterocycles. The number of nitrogens with zero attached hydrogens (tertiary/aromatic N) is 1. The number of aromatic nitrogens is 1. The predicted octanol–water partition coefficient (Wildman–Crippen LogP) is 2.37. The Kier molecular flexibility index (Phi) is 3.44. The second-order valence-electron chi connectivity index (χ2n) is 3.92. The van der Waals surface area contributed by atoms with Crippen LogP contribution in [0, 0.1) is 5.92 Å². The number of rotatable bonds is 5. The van der Waals surface area contributed by atoms with Crippen molar-refractivity contribution in [2.45, 2.75) is 25.8 Å². The van der Waals surface area contributed by atoms with Gasteiger partial charge in [0.1, 0.15) is 5.02 Å². The molecule has 0 aromatic carbocycles. The van der Waals surface area contributed by atoms with Crippen molar-refractivity contribution in [3.8, 4) is 5.88 Å². The van der Waals surface area contributed by atoms with E-state index < -0.39 is 0 Å². The van der Waals surface area contributed by atoms with Crippen LogP contribution in [-0.2, 0) is 6.54 Å². The van der Waals surface area contributed by atoms with E-state index in [4.69, 9.17) is 22.1 Å². The van der Waals surface area contributed by atoms with E-state index in [1.54, 1.807) is 12.3 Å². The molecule has 1 aliphatic rings. The summed E-state index contributed by atoms with van der Waals surface area (Å²) in [6.07, 6.45) is 5.50. The summed E-state index contributed by atoms with van der Waals surface area (Å²) < 4.78 is 5.50. The molecule has 0 atom stereocenters. The van der Waals surface area contributed by atoms with Gasteiger partial charge in [-0.1, -0.05) is 24.4 Å². The zero-order valence-corrected chi connectivity index (χ0v) is 9.33. The summed E-state index contributed by atoms with van der Waals surface area (Å²) in [5.41, 5.74) is 6.40. The van der Waals surface area contributed by atoms with Crippen molar-refractivity contribution in [1.29, 1.82) is 0 Å². The van der Waals surface area contributed by atoms with Crippen LogP contribution in [0.2, 0.25) is 5.02 Å². The van der Waals surface area contributed by atoms with Crippen LogP contribution >= 0.6 is 11.6 Å². The highest BCUT2D eigenvalue weighted by Crippen LogP contribution is 2.32. The Labute approximate surface area is 94.6 Å². The van der Waals surface area contributed by atoms with Gasteiger partial charge in [0.15, 0.2) is 0 Å². The summed E-state index contributed by atoms with van der Waals surface area (Å²) >= 11 is 6.00. The highest BCUT2D eigenvalue weighted by molar-refractivity contribution is 6.31. The summed E-state index contributed by atoms with van der Waals surface area (Å²) in [5, 5.41) is 0.550. The largest absolute Gasteiger partial charge is 0.477 e. The smallest absolute Gasteiger partial charge is 0.232 e. The first-order valence-corrected chi connectivity index (χ1v) is 5.64. The highest BCUT2D eigenvalue weighted by Gasteiger charge is 2.20. The molecule has 2 N–H and O–H groups in total. The van der Waals surface area contributed by atoms with Crippen LogP contribution in [0.25, 0.3) is 0 Å². The van der Waals surface area contributed by atoms with Crippen molar-refractivity contribution in [3.05, 3.63) is 22.8 Å². The second kappa shape index (κ2) is 4.81. The summed E-state index contributed by atoms with van der Waals surface area (Å²) in [4.78, 5) is 4.13. The van der Waals surface area contributed by atoms with E-state index in [1.165, 1.54) is 12.8 Å². The molecule has 0 bridgehead atoms. The van der Waals surface area contributed by atoms with E-state index in [9.17, 15) is 0 Å². The third kappa shape index (κ3) is 3.08. The van der Waals surface area contributed by atoms with Crippen molar-refractivity contribution in [2.75, 3.05) is 6.61 Å². The lowest BCUT2D eigenvalue weighted by atomic mass is 10.3. The van der Waals surface area contributed by atoms with Crippen LogP contribution in [0.4, 0.5) is 0 Å². The zero-order chi connectivity index (χ0) is 10.7. The van der Waals surface area contributed by atoms with Gasteiger partial charge in [0.25, 0.3) is 0 Å². The first kappa shape index (κ1) is 10.7. The van der Waals surface area contributed by atoms with Gasteiger partial charge in [-0.15, -0.1) is 0 Å². The molecule has 1 fully saturated rings. The van der Waals surface area contributed by atoms with Crippen LogP contribution in [-0.4, -0.2) is 11.6 Å². The number of ether oxygens (including phenoxy) is 1. The molecule has 0 radical (unpaired) electrons. The molecule has 1 heterocycles. The number of nitrogens with two attached hydrogens (primary N) is 1. The third-order valence-electron chi connectivity index (χ3n) is 2.56. The lowest BCUT2D eigenvalue weighted by Gasteiger charge is -2.07. The van der Waals surface area contributed by atoms with E-state index in [1.807, 2.05) is 0 Å². The molecule has 15 heavy (non-hydrogen) atoms. The maximum Gasteiger partial charge on any atom is 0.232 e. The van der Waals surface area contributed by atoms with Gasteiger partial charge in [0, 0.05) is 12.7 Å². The minimum absolute atomic E-state index is 0.453. The van der Waals surface area contributed by atoms with E-state index in [2.05, 4.69) is 4.98 Å².